The number of benzene rings is 1. The highest BCUT2D eigenvalue weighted by atomic mass is 32.2. The third-order valence-electron chi connectivity index (χ3n) is 3.01. The summed E-state index contributed by atoms with van der Waals surface area (Å²) in [5.41, 5.74) is 6.05. The predicted octanol–water partition coefficient (Wildman–Crippen LogP) is 1.69. The molecule has 2 rings (SSSR count). The Balaban J connectivity index is 2.80. The molecular formula is C14H13N3O3S. The number of nitriles is 1. The van der Waals surface area contributed by atoms with Crippen LogP contribution in [0.5, 0.6) is 5.88 Å². The van der Waals surface area contributed by atoms with Crippen LogP contribution >= 0.6 is 0 Å². The van der Waals surface area contributed by atoms with E-state index < -0.39 is 9.84 Å². The molecule has 1 heterocycles. The van der Waals surface area contributed by atoms with Crippen LogP contribution in [0.15, 0.2) is 40.1 Å². The molecule has 0 atom stereocenters. The average Bonchev–Trinajstić information content (AvgIpc) is 2.47. The normalized spacial score (nSPS) is 10.9. The number of nitrogens with zero attached hydrogens (tertiary/aromatic N) is 2. The highest BCUT2D eigenvalue weighted by Gasteiger charge is 2.27. The van der Waals surface area contributed by atoms with Crippen molar-refractivity contribution in [2.24, 2.45) is 0 Å². The van der Waals surface area contributed by atoms with Gasteiger partial charge < -0.3 is 10.5 Å². The second-order valence-corrected chi connectivity index (χ2v) is 6.15. The standard InChI is InChI=1S/C14H13N3O3S/c1-9-11(8-15)14(20-2)17-13(16)12(9)21(18,19)10-6-4-3-5-7-10/h3-7H,1-2H3,(H2,16,17). The third-order valence-corrected chi connectivity index (χ3v) is 4.96. The Hall–Kier alpha value is -2.59. The summed E-state index contributed by atoms with van der Waals surface area (Å²) in [6.45, 7) is 1.51. The zero-order valence-corrected chi connectivity index (χ0v) is 12.3. The molecule has 0 bridgehead atoms. The highest BCUT2D eigenvalue weighted by molar-refractivity contribution is 7.91. The molecule has 6 nitrogen and oxygen atoms in total. The maximum Gasteiger partial charge on any atom is 0.233 e. The molecule has 108 valence electrons. The van der Waals surface area contributed by atoms with Crippen LogP contribution < -0.4 is 10.5 Å². The topological polar surface area (TPSA) is 106 Å². The van der Waals surface area contributed by atoms with E-state index in [2.05, 4.69) is 4.98 Å². The predicted molar refractivity (Wildman–Crippen MR) is 76.5 cm³/mol. The number of nitrogens with two attached hydrogens (primary N) is 1. The maximum absolute atomic E-state index is 12.7. The zero-order chi connectivity index (χ0) is 15.6. The molecule has 21 heavy (non-hydrogen) atoms. The van der Waals surface area contributed by atoms with E-state index in [1.165, 1.54) is 26.2 Å². The Labute approximate surface area is 122 Å². The molecule has 0 saturated carbocycles. The summed E-state index contributed by atoms with van der Waals surface area (Å²) in [5, 5.41) is 9.18. The van der Waals surface area contributed by atoms with Gasteiger partial charge in [-0.3, -0.25) is 0 Å². The molecule has 0 unspecified atom stereocenters. The molecule has 0 fully saturated rings. The van der Waals surface area contributed by atoms with Crippen LogP contribution in [0.4, 0.5) is 5.82 Å². The van der Waals surface area contributed by atoms with Gasteiger partial charge in [-0.25, -0.2) is 8.42 Å². The minimum atomic E-state index is -3.85. The monoisotopic (exact) mass is 303 g/mol. The molecule has 1 aromatic heterocycles. The van der Waals surface area contributed by atoms with E-state index in [4.69, 9.17) is 10.5 Å². The van der Waals surface area contributed by atoms with Crippen molar-refractivity contribution in [2.45, 2.75) is 16.7 Å². The third kappa shape index (κ3) is 2.41. The number of hydrogen-bond donors (Lipinski definition) is 1. The highest BCUT2D eigenvalue weighted by Crippen LogP contribution is 2.33. The number of rotatable bonds is 3. The second-order valence-electron chi connectivity index (χ2n) is 4.26. The first-order chi connectivity index (χ1) is 9.93. The van der Waals surface area contributed by atoms with Gasteiger partial charge in [0.2, 0.25) is 15.7 Å². The quantitative estimate of drug-likeness (QED) is 0.924. The fourth-order valence-corrected chi connectivity index (χ4v) is 3.60. The van der Waals surface area contributed by atoms with E-state index in [9.17, 15) is 13.7 Å². The summed E-state index contributed by atoms with van der Waals surface area (Å²) in [6.07, 6.45) is 0. The lowest BCUT2D eigenvalue weighted by atomic mass is 10.1. The average molecular weight is 303 g/mol. The minimum absolute atomic E-state index is 0.0134. The molecular weight excluding hydrogens is 290 g/mol. The molecule has 0 spiro atoms. The largest absolute Gasteiger partial charge is 0.480 e. The summed E-state index contributed by atoms with van der Waals surface area (Å²) in [7, 11) is -2.51. The van der Waals surface area contributed by atoms with Crippen molar-refractivity contribution >= 4 is 15.7 Å². The van der Waals surface area contributed by atoms with Gasteiger partial charge in [-0.2, -0.15) is 10.2 Å². The molecule has 0 aliphatic heterocycles. The van der Waals surface area contributed by atoms with Gasteiger partial charge in [0.05, 0.1) is 12.0 Å². The SMILES string of the molecule is COc1nc(N)c(S(=O)(=O)c2ccccc2)c(C)c1C#N. The minimum Gasteiger partial charge on any atom is -0.480 e. The molecule has 2 aromatic rings. The summed E-state index contributed by atoms with van der Waals surface area (Å²) >= 11 is 0. The van der Waals surface area contributed by atoms with Crippen molar-refractivity contribution in [2.75, 3.05) is 12.8 Å². The van der Waals surface area contributed by atoms with Crippen molar-refractivity contribution < 1.29 is 13.2 Å². The number of nitrogen functional groups attached to an aromatic ring is 1. The van der Waals surface area contributed by atoms with Crippen molar-refractivity contribution in [1.82, 2.24) is 4.98 Å². The van der Waals surface area contributed by atoms with E-state index in [0.29, 0.717) is 0 Å². The molecule has 0 amide bonds. The Kier molecular flexibility index (Phi) is 3.82. The molecule has 0 aliphatic rings. The van der Waals surface area contributed by atoms with Gasteiger partial charge in [-0.1, -0.05) is 18.2 Å². The van der Waals surface area contributed by atoms with Gasteiger partial charge in [-0.05, 0) is 24.6 Å². The van der Waals surface area contributed by atoms with Gasteiger partial charge in [0.1, 0.15) is 22.3 Å². The van der Waals surface area contributed by atoms with Gasteiger partial charge in [0, 0.05) is 0 Å². The van der Waals surface area contributed by atoms with Gasteiger partial charge in [-0.15, -0.1) is 0 Å². The van der Waals surface area contributed by atoms with Gasteiger partial charge in [0.25, 0.3) is 0 Å². The molecule has 0 aliphatic carbocycles. The van der Waals surface area contributed by atoms with Crippen LogP contribution in [-0.4, -0.2) is 20.5 Å². The van der Waals surface area contributed by atoms with Crippen molar-refractivity contribution in [3.63, 3.8) is 0 Å². The van der Waals surface area contributed by atoms with E-state index in [1.54, 1.807) is 18.2 Å². The van der Waals surface area contributed by atoms with E-state index in [1.807, 2.05) is 6.07 Å². The molecule has 0 saturated heterocycles. The lowest BCUT2D eigenvalue weighted by Crippen LogP contribution is -2.12. The first-order valence-corrected chi connectivity index (χ1v) is 7.46. The van der Waals surface area contributed by atoms with Crippen molar-refractivity contribution in [3.05, 3.63) is 41.5 Å². The maximum atomic E-state index is 12.7. The van der Waals surface area contributed by atoms with Crippen LogP contribution in [-0.2, 0) is 9.84 Å². The van der Waals surface area contributed by atoms with Crippen molar-refractivity contribution in [1.29, 1.82) is 5.26 Å². The molecule has 2 N–H and O–H groups in total. The van der Waals surface area contributed by atoms with Crippen LogP contribution in [0.2, 0.25) is 0 Å². The Morgan fingerprint density at radius 3 is 2.43 bits per heavy atom. The molecule has 0 radical (unpaired) electrons. The van der Waals surface area contributed by atoms with Crippen LogP contribution in [0.25, 0.3) is 0 Å². The van der Waals surface area contributed by atoms with E-state index in [-0.39, 0.29) is 32.6 Å². The first-order valence-electron chi connectivity index (χ1n) is 5.97. The molecule has 7 heteroatoms. The number of pyridine rings is 1. The van der Waals surface area contributed by atoms with Crippen LogP contribution in [0, 0.1) is 18.3 Å². The fourth-order valence-electron chi connectivity index (χ4n) is 2.02. The van der Waals surface area contributed by atoms with Crippen LogP contribution in [0.3, 0.4) is 0 Å². The lowest BCUT2D eigenvalue weighted by Gasteiger charge is -2.13. The number of sulfone groups is 1. The smallest absolute Gasteiger partial charge is 0.233 e. The summed E-state index contributed by atoms with van der Waals surface area (Å²) in [5.74, 6) is -0.174. The Morgan fingerprint density at radius 1 is 1.29 bits per heavy atom. The summed E-state index contributed by atoms with van der Waals surface area (Å²) < 4.78 is 30.3. The van der Waals surface area contributed by atoms with Gasteiger partial charge in [0.15, 0.2) is 0 Å². The second kappa shape index (κ2) is 5.42. The fraction of sp³-hybridized carbons (Fsp3) is 0.143. The van der Waals surface area contributed by atoms with E-state index >= 15 is 0 Å². The van der Waals surface area contributed by atoms with Crippen molar-refractivity contribution in [3.8, 4) is 11.9 Å². The number of aromatic nitrogens is 1. The number of ether oxygens (including phenoxy) is 1. The Bertz CT molecular complexity index is 825. The molecule has 1 aromatic carbocycles. The lowest BCUT2D eigenvalue weighted by molar-refractivity contribution is 0.396. The first kappa shape index (κ1) is 14.8. The van der Waals surface area contributed by atoms with E-state index in [0.717, 1.165) is 0 Å². The van der Waals surface area contributed by atoms with Gasteiger partial charge >= 0.3 is 0 Å². The summed E-state index contributed by atoms with van der Waals surface area (Å²) in [6, 6.07) is 9.76. The number of anilines is 1. The zero-order valence-electron chi connectivity index (χ0n) is 11.5. The Morgan fingerprint density at radius 2 is 1.90 bits per heavy atom. The summed E-state index contributed by atoms with van der Waals surface area (Å²) in [4.78, 5) is 3.80. The van der Waals surface area contributed by atoms with Crippen LogP contribution in [0.1, 0.15) is 11.1 Å². The number of methoxy groups -OCH3 is 1. The number of hydrogen-bond acceptors (Lipinski definition) is 6.